The molecule has 10 nitrogen and oxygen atoms in total. The number of carbonyl (C=O) groups excluding carboxylic acids is 3. The van der Waals surface area contributed by atoms with Crippen molar-refractivity contribution >= 4 is 29.1 Å². The molecule has 6 aliphatic heterocycles. The normalized spacial score (nSPS) is 24.4. The SMILES string of the molecule is O=C1CCC(N2Cc3cc(N4CC5(CCN(CC6CCN(c7ccc([C@H]8c9ccc(O)cc9OC[C@H]8c8cccc(F)c8F)cc7)CC6)CC5)C4)ccc3C2=O)C(=O)N1. The first kappa shape index (κ1) is 37.8. The van der Waals surface area contributed by atoms with Crippen LogP contribution >= 0.6 is 0 Å². The average Bonchev–Trinajstić information content (AvgIpc) is 3.56. The number of piperidine rings is 3. The highest BCUT2D eigenvalue weighted by atomic mass is 19.2. The average molecular weight is 802 g/mol. The maximum atomic E-state index is 15.1. The van der Waals surface area contributed by atoms with E-state index in [2.05, 4.69) is 50.3 Å². The first-order valence-electron chi connectivity index (χ1n) is 21.1. The molecule has 0 aliphatic carbocycles. The van der Waals surface area contributed by atoms with Gasteiger partial charge in [0.05, 0.1) is 6.61 Å². The molecule has 3 amide bonds. The van der Waals surface area contributed by atoms with Gasteiger partial charge in [0.15, 0.2) is 11.6 Å². The number of imide groups is 1. The highest BCUT2D eigenvalue weighted by molar-refractivity contribution is 6.05. The maximum Gasteiger partial charge on any atom is 0.255 e. The van der Waals surface area contributed by atoms with Gasteiger partial charge in [-0.3, -0.25) is 19.7 Å². The van der Waals surface area contributed by atoms with Gasteiger partial charge in [-0.15, -0.1) is 0 Å². The fraction of sp³-hybridized carbons (Fsp3) is 0.426. The van der Waals surface area contributed by atoms with E-state index in [-0.39, 0.29) is 48.0 Å². The summed E-state index contributed by atoms with van der Waals surface area (Å²) < 4.78 is 35.5. The third kappa shape index (κ3) is 6.98. The molecule has 10 rings (SSSR count). The predicted octanol–water partition coefficient (Wildman–Crippen LogP) is 6.56. The van der Waals surface area contributed by atoms with Gasteiger partial charge in [0.1, 0.15) is 17.5 Å². The molecule has 6 aliphatic rings. The number of ether oxygens (including phenoxy) is 1. The molecule has 6 heterocycles. The second kappa shape index (κ2) is 15.0. The Morgan fingerprint density at radius 2 is 1.58 bits per heavy atom. The molecule has 0 aromatic heterocycles. The Hall–Kier alpha value is -5.49. The van der Waals surface area contributed by atoms with Gasteiger partial charge in [-0.05, 0) is 110 Å². The summed E-state index contributed by atoms with van der Waals surface area (Å²) in [5.41, 5.74) is 6.36. The van der Waals surface area contributed by atoms with Crippen LogP contribution in [0.2, 0.25) is 0 Å². The molecule has 0 radical (unpaired) electrons. The largest absolute Gasteiger partial charge is 0.508 e. The number of amides is 3. The zero-order valence-corrected chi connectivity index (χ0v) is 33.0. The van der Waals surface area contributed by atoms with Crippen LogP contribution in [-0.4, -0.2) is 91.1 Å². The minimum Gasteiger partial charge on any atom is -0.508 e. The summed E-state index contributed by atoms with van der Waals surface area (Å²) >= 11 is 0. The lowest BCUT2D eigenvalue weighted by Gasteiger charge is -2.55. The van der Waals surface area contributed by atoms with Crippen LogP contribution in [0.1, 0.15) is 83.0 Å². The summed E-state index contributed by atoms with van der Waals surface area (Å²) in [6.07, 6.45) is 5.27. The van der Waals surface area contributed by atoms with Crippen molar-refractivity contribution in [1.29, 1.82) is 0 Å². The molecule has 306 valence electrons. The van der Waals surface area contributed by atoms with Gasteiger partial charge in [-0.2, -0.15) is 0 Å². The van der Waals surface area contributed by atoms with Crippen LogP contribution in [-0.2, 0) is 16.1 Å². The summed E-state index contributed by atoms with van der Waals surface area (Å²) in [5, 5.41) is 12.5. The fourth-order valence-electron chi connectivity index (χ4n) is 10.7. The number of phenolic OH excluding ortho intramolecular Hbond substituents is 1. The molecule has 3 atom stereocenters. The Morgan fingerprint density at radius 3 is 2.34 bits per heavy atom. The zero-order chi connectivity index (χ0) is 40.4. The summed E-state index contributed by atoms with van der Waals surface area (Å²) in [7, 11) is 0. The number of likely N-dealkylation sites (tertiary alicyclic amines) is 1. The highest BCUT2D eigenvalue weighted by Crippen LogP contribution is 2.48. The van der Waals surface area contributed by atoms with E-state index in [1.165, 1.54) is 12.8 Å². The van der Waals surface area contributed by atoms with Crippen molar-refractivity contribution in [2.24, 2.45) is 11.3 Å². The monoisotopic (exact) mass is 801 g/mol. The second-order valence-corrected chi connectivity index (χ2v) is 17.7. The molecule has 59 heavy (non-hydrogen) atoms. The van der Waals surface area contributed by atoms with Gasteiger partial charge < -0.3 is 29.4 Å². The van der Waals surface area contributed by atoms with Crippen molar-refractivity contribution in [1.82, 2.24) is 15.1 Å². The van der Waals surface area contributed by atoms with Gasteiger partial charge in [-0.25, -0.2) is 8.78 Å². The van der Waals surface area contributed by atoms with E-state index in [1.807, 2.05) is 18.2 Å². The van der Waals surface area contributed by atoms with Crippen molar-refractivity contribution in [3.8, 4) is 11.5 Å². The maximum absolute atomic E-state index is 15.1. The molecular formula is C47H49F2N5O5. The standard InChI is InChI=1S/C47H49F2N5O5/c48-39-3-1-2-36(44(39)49)38-26-59-41-23-34(55)9-11-37(41)43(38)30-4-6-32(7-5-30)52-18-14-29(15-19-52)24-51-20-16-47(17-21-51)27-53(28-47)33-8-10-35-31(22-33)25-54(46(35)58)40-12-13-42(56)50-45(40)57/h1-11,22-23,29,38,40,43,55H,12-21,24-28H2,(H,50,56,57)/t38-,40?,43-/m0/s1. The van der Waals surface area contributed by atoms with E-state index < -0.39 is 23.6 Å². The van der Waals surface area contributed by atoms with Gasteiger partial charge in [0.25, 0.3) is 5.91 Å². The van der Waals surface area contributed by atoms with Crippen molar-refractivity contribution in [3.05, 3.63) is 118 Å². The molecule has 4 aromatic carbocycles. The van der Waals surface area contributed by atoms with E-state index in [1.54, 1.807) is 29.2 Å². The van der Waals surface area contributed by atoms with Crippen molar-refractivity contribution < 1.29 is 33.0 Å². The van der Waals surface area contributed by atoms with E-state index >= 15 is 4.39 Å². The number of halogens is 2. The van der Waals surface area contributed by atoms with Crippen LogP contribution in [0, 0.1) is 23.0 Å². The molecule has 4 aromatic rings. The highest BCUT2D eigenvalue weighted by Gasteiger charge is 2.46. The van der Waals surface area contributed by atoms with E-state index in [0.29, 0.717) is 35.6 Å². The molecular weight excluding hydrogens is 753 g/mol. The minimum absolute atomic E-state index is 0.100. The number of rotatable bonds is 7. The zero-order valence-electron chi connectivity index (χ0n) is 33.0. The first-order valence-corrected chi connectivity index (χ1v) is 21.1. The molecule has 4 saturated heterocycles. The van der Waals surface area contributed by atoms with Crippen LogP contribution in [0.3, 0.4) is 0 Å². The van der Waals surface area contributed by atoms with Crippen LogP contribution in [0.4, 0.5) is 20.2 Å². The van der Waals surface area contributed by atoms with Crippen LogP contribution in [0.15, 0.2) is 78.9 Å². The summed E-state index contributed by atoms with van der Waals surface area (Å²) in [4.78, 5) is 46.4. The van der Waals surface area contributed by atoms with Crippen LogP contribution in [0.5, 0.6) is 11.5 Å². The molecule has 2 N–H and O–H groups in total. The number of phenols is 1. The number of fused-ring (bicyclic) bond motifs is 2. The summed E-state index contributed by atoms with van der Waals surface area (Å²) in [6.45, 7) is 7.96. The second-order valence-electron chi connectivity index (χ2n) is 17.7. The molecule has 0 bridgehead atoms. The van der Waals surface area contributed by atoms with E-state index in [4.69, 9.17) is 4.74 Å². The Kier molecular flexibility index (Phi) is 9.57. The number of hydrogen-bond donors (Lipinski definition) is 2. The Labute approximate surface area is 342 Å². The summed E-state index contributed by atoms with van der Waals surface area (Å²) in [5.74, 6) is -1.90. The van der Waals surface area contributed by atoms with E-state index in [9.17, 15) is 23.9 Å². The number of carbonyl (C=O) groups is 3. The molecule has 4 fully saturated rings. The third-order valence-electron chi connectivity index (χ3n) is 14.1. The number of hydrogen-bond acceptors (Lipinski definition) is 8. The van der Waals surface area contributed by atoms with Gasteiger partial charge >= 0.3 is 0 Å². The van der Waals surface area contributed by atoms with Crippen molar-refractivity contribution in [2.45, 2.75) is 62.9 Å². The number of anilines is 2. The topological polar surface area (TPSA) is 106 Å². The van der Waals surface area contributed by atoms with Crippen molar-refractivity contribution in [2.75, 3.05) is 62.2 Å². The smallest absolute Gasteiger partial charge is 0.255 e. The van der Waals surface area contributed by atoms with Gasteiger partial charge in [0, 0.05) is 91.5 Å². The molecule has 1 spiro atoms. The lowest BCUT2D eigenvalue weighted by molar-refractivity contribution is -0.136. The van der Waals surface area contributed by atoms with Gasteiger partial charge in [0.2, 0.25) is 11.8 Å². The molecule has 1 unspecified atom stereocenters. The van der Waals surface area contributed by atoms with Gasteiger partial charge in [-0.1, -0.05) is 30.3 Å². The van der Waals surface area contributed by atoms with Crippen LogP contribution < -0.4 is 19.9 Å². The minimum atomic E-state index is -0.872. The number of nitrogens with one attached hydrogen (secondary N) is 1. The first-order chi connectivity index (χ1) is 28.6. The lowest BCUT2D eigenvalue weighted by Crippen LogP contribution is -2.60. The predicted molar refractivity (Wildman–Crippen MR) is 219 cm³/mol. The van der Waals surface area contributed by atoms with Crippen molar-refractivity contribution in [3.63, 3.8) is 0 Å². The number of nitrogens with zero attached hydrogens (tertiary/aromatic N) is 4. The molecule has 12 heteroatoms. The fourth-order valence-corrected chi connectivity index (χ4v) is 10.7. The number of benzene rings is 4. The summed E-state index contributed by atoms with van der Waals surface area (Å²) in [6, 6.07) is 23.3. The Morgan fingerprint density at radius 1 is 0.814 bits per heavy atom. The Bertz CT molecular complexity index is 2300. The van der Waals surface area contributed by atoms with E-state index in [0.717, 1.165) is 92.8 Å². The van der Waals surface area contributed by atoms with Crippen LogP contribution in [0.25, 0.3) is 0 Å². The molecule has 0 saturated carbocycles. The Balaban J connectivity index is 0.714. The number of aromatic hydroxyl groups is 1. The lowest BCUT2D eigenvalue weighted by atomic mass is 9.71. The third-order valence-corrected chi connectivity index (χ3v) is 14.1. The quantitative estimate of drug-likeness (QED) is 0.203.